The number of benzene rings is 2. The number of ketones is 1. The number of nitrogens with two attached hydrogens (primary N) is 1. The minimum Gasteiger partial charge on any atom is -0.445 e. The molecular weight excluding hydrogens is 552 g/mol. The highest BCUT2D eigenvalue weighted by Crippen LogP contribution is 2.30. The quantitative estimate of drug-likeness (QED) is 0.245. The van der Waals surface area contributed by atoms with Crippen LogP contribution >= 0.6 is 0 Å². The number of rotatable bonds is 8. The summed E-state index contributed by atoms with van der Waals surface area (Å²) < 4.78 is 10.6. The maximum absolute atomic E-state index is 13.7. The van der Waals surface area contributed by atoms with Crippen LogP contribution in [0.15, 0.2) is 73.1 Å². The van der Waals surface area contributed by atoms with Crippen molar-refractivity contribution in [3.63, 3.8) is 0 Å². The second-order valence-electron chi connectivity index (χ2n) is 10.0. The van der Waals surface area contributed by atoms with Crippen LogP contribution in [-0.2, 0) is 16.1 Å². The average molecular weight is 583 g/mol. The number of primary amides is 1. The molecule has 5 rings (SSSR count). The van der Waals surface area contributed by atoms with Crippen LogP contribution in [-0.4, -0.2) is 53.0 Å². The summed E-state index contributed by atoms with van der Waals surface area (Å²) in [5.74, 6) is -0.772. The van der Waals surface area contributed by atoms with E-state index in [-0.39, 0.29) is 23.8 Å². The second kappa shape index (κ2) is 13.0. The largest absolute Gasteiger partial charge is 0.445 e. The number of hydrogen-bond acceptors (Lipinski definition) is 9. The first-order valence-electron chi connectivity index (χ1n) is 13.7. The predicted octanol–water partition coefficient (Wildman–Crippen LogP) is 4.90. The van der Waals surface area contributed by atoms with Crippen LogP contribution in [0.5, 0.6) is 0 Å². The third-order valence-corrected chi connectivity index (χ3v) is 6.94. The molecule has 43 heavy (non-hydrogen) atoms. The molecule has 3 amide bonds. The summed E-state index contributed by atoms with van der Waals surface area (Å²) in [6, 6.07) is 17.5. The lowest BCUT2D eigenvalue weighted by Gasteiger charge is -2.34. The second-order valence-corrected chi connectivity index (χ2v) is 10.0. The number of amides is 3. The molecule has 2 aromatic carbocycles. The van der Waals surface area contributed by atoms with Gasteiger partial charge in [-0.2, -0.15) is 0 Å². The van der Waals surface area contributed by atoms with Crippen molar-refractivity contribution in [3.05, 3.63) is 89.9 Å². The minimum atomic E-state index is -0.840. The van der Waals surface area contributed by atoms with Gasteiger partial charge in [-0.1, -0.05) is 42.5 Å². The number of aromatic nitrogens is 2. The molecular formula is C31H30N6O6. The van der Waals surface area contributed by atoms with E-state index >= 15 is 0 Å². The van der Waals surface area contributed by atoms with Gasteiger partial charge in [-0.25, -0.2) is 14.6 Å². The number of carbonyl (C=O) groups is 4. The Balaban J connectivity index is 1.43. The third kappa shape index (κ3) is 7.22. The smallest absolute Gasteiger partial charge is 0.412 e. The highest BCUT2D eigenvalue weighted by Gasteiger charge is 2.26. The minimum absolute atomic E-state index is 0.0343. The molecule has 1 unspecified atom stereocenters. The number of fused-ring (bicyclic) bond motifs is 1. The Labute approximate surface area is 247 Å². The molecule has 1 aliphatic heterocycles. The number of piperidine rings is 1. The molecule has 0 spiro atoms. The fourth-order valence-corrected chi connectivity index (χ4v) is 4.88. The molecule has 0 radical (unpaired) electrons. The monoisotopic (exact) mass is 582 g/mol. The molecule has 12 nitrogen and oxygen atoms in total. The summed E-state index contributed by atoms with van der Waals surface area (Å²) in [6.45, 7) is 2.52. The summed E-state index contributed by atoms with van der Waals surface area (Å²) >= 11 is 0. The highest BCUT2D eigenvalue weighted by molar-refractivity contribution is 6.11. The van der Waals surface area contributed by atoms with Crippen molar-refractivity contribution < 1.29 is 28.7 Å². The van der Waals surface area contributed by atoms with E-state index in [0.717, 1.165) is 12.0 Å². The van der Waals surface area contributed by atoms with Crippen molar-refractivity contribution in [2.75, 3.05) is 28.6 Å². The van der Waals surface area contributed by atoms with Gasteiger partial charge in [0, 0.05) is 23.7 Å². The van der Waals surface area contributed by atoms with E-state index in [1.165, 1.54) is 13.1 Å². The SMILES string of the molecule is CC(=O)c1ccc2cc(NC(=O)OCc3ccccc3)c(C(=O)Nc3cnccc3N3CCCC(OC(N)=O)C3)nc2c1. The van der Waals surface area contributed by atoms with Gasteiger partial charge in [-0.05, 0) is 43.5 Å². The number of nitrogens with zero attached hydrogens (tertiary/aromatic N) is 3. The topological polar surface area (TPSA) is 166 Å². The maximum Gasteiger partial charge on any atom is 0.412 e. The van der Waals surface area contributed by atoms with E-state index in [1.807, 2.05) is 35.2 Å². The summed E-state index contributed by atoms with van der Waals surface area (Å²) in [5, 5.41) is 6.10. The molecule has 1 atom stereocenters. The predicted molar refractivity (Wildman–Crippen MR) is 160 cm³/mol. The van der Waals surface area contributed by atoms with Gasteiger partial charge in [-0.15, -0.1) is 0 Å². The summed E-state index contributed by atoms with van der Waals surface area (Å²) in [7, 11) is 0. The number of hydrogen-bond donors (Lipinski definition) is 3. The van der Waals surface area contributed by atoms with Crippen molar-refractivity contribution in [2.24, 2.45) is 5.73 Å². The van der Waals surface area contributed by atoms with Gasteiger partial charge in [0.2, 0.25) is 0 Å². The van der Waals surface area contributed by atoms with Gasteiger partial charge in [0.25, 0.3) is 5.91 Å². The molecule has 0 aliphatic carbocycles. The Hall–Kier alpha value is -5.52. The molecule has 1 saturated heterocycles. The zero-order chi connectivity index (χ0) is 30.3. The van der Waals surface area contributed by atoms with Crippen LogP contribution in [0.2, 0.25) is 0 Å². The normalized spacial score (nSPS) is 14.5. The lowest BCUT2D eigenvalue weighted by atomic mass is 10.1. The van der Waals surface area contributed by atoms with Crippen molar-refractivity contribution in [1.82, 2.24) is 9.97 Å². The van der Waals surface area contributed by atoms with Crippen molar-refractivity contribution >= 4 is 51.8 Å². The Kier molecular flexibility index (Phi) is 8.75. The van der Waals surface area contributed by atoms with Gasteiger partial charge < -0.3 is 25.4 Å². The molecule has 3 heterocycles. The summed E-state index contributed by atoms with van der Waals surface area (Å²) in [5.41, 5.74) is 7.94. The van der Waals surface area contributed by atoms with Crippen LogP contribution in [0.1, 0.15) is 46.2 Å². The lowest BCUT2D eigenvalue weighted by molar-refractivity contribution is 0.0964. The van der Waals surface area contributed by atoms with Crippen molar-refractivity contribution in [3.8, 4) is 0 Å². The fraction of sp³-hybridized carbons (Fsp3) is 0.226. The summed E-state index contributed by atoms with van der Waals surface area (Å²) in [4.78, 5) is 60.5. The third-order valence-electron chi connectivity index (χ3n) is 6.94. The van der Waals surface area contributed by atoms with Crippen LogP contribution < -0.4 is 21.3 Å². The lowest BCUT2D eigenvalue weighted by Crippen LogP contribution is -2.41. The number of carbonyl (C=O) groups excluding carboxylic acids is 4. The highest BCUT2D eigenvalue weighted by atomic mass is 16.6. The first-order chi connectivity index (χ1) is 20.8. The molecule has 1 aliphatic rings. The van der Waals surface area contributed by atoms with Gasteiger partial charge >= 0.3 is 12.2 Å². The Morgan fingerprint density at radius 1 is 1.02 bits per heavy atom. The molecule has 4 N–H and O–H groups in total. The standard InChI is InChI=1S/C31H30N6O6/c1-19(38)21-9-10-22-15-25(36-31(41)42-18-20-6-3-2-4-7-20)28(34-24(22)14-21)29(39)35-26-16-33-12-11-27(26)37-13-5-8-23(17-37)43-30(32)40/h2-4,6-7,9-12,14-16,23H,5,8,13,17-18H2,1H3,(H2,32,40)(H,35,39)(H,36,41). The van der Waals surface area contributed by atoms with E-state index in [2.05, 4.69) is 20.6 Å². The van der Waals surface area contributed by atoms with E-state index in [1.54, 1.807) is 36.5 Å². The number of Topliss-reactive ketones (excluding diaryl/α,β-unsaturated/α-hetero) is 1. The van der Waals surface area contributed by atoms with E-state index in [9.17, 15) is 19.2 Å². The molecule has 0 bridgehead atoms. The van der Waals surface area contributed by atoms with Crippen LogP contribution in [0, 0.1) is 0 Å². The molecule has 0 saturated carbocycles. The van der Waals surface area contributed by atoms with Crippen molar-refractivity contribution in [1.29, 1.82) is 0 Å². The Morgan fingerprint density at radius 2 is 1.84 bits per heavy atom. The number of nitrogens with one attached hydrogen (secondary N) is 2. The van der Waals surface area contributed by atoms with Crippen LogP contribution in [0.4, 0.5) is 26.7 Å². The van der Waals surface area contributed by atoms with Crippen molar-refractivity contribution in [2.45, 2.75) is 32.5 Å². The van der Waals surface area contributed by atoms with E-state index < -0.39 is 24.2 Å². The Morgan fingerprint density at radius 3 is 2.60 bits per heavy atom. The first kappa shape index (κ1) is 29.0. The zero-order valence-corrected chi connectivity index (χ0v) is 23.4. The van der Waals surface area contributed by atoms with Gasteiger partial charge in [0.15, 0.2) is 11.5 Å². The van der Waals surface area contributed by atoms with Gasteiger partial charge in [0.05, 0.1) is 35.3 Å². The van der Waals surface area contributed by atoms with E-state index in [4.69, 9.17) is 15.2 Å². The molecule has 4 aromatic rings. The number of ether oxygens (including phenoxy) is 2. The Bertz CT molecular complexity index is 1680. The fourth-order valence-electron chi connectivity index (χ4n) is 4.88. The first-order valence-corrected chi connectivity index (χ1v) is 13.7. The van der Waals surface area contributed by atoms with Crippen LogP contribution in [0.25, 0.3) is 10.9 Å². The summed E-state index contributed by atoms with van der Waals surface area (Å²) in [6.07, 6.45) is 2.52. The average Bonchev–Trinajstić information content (AvgIpc) is 3.00. The van der Waals surface area contributed by atoms with Gasteiger partial charge in [0.1, 0.15) is 12.7 Å². The van der Waals surface area contributed by atoms with E-state index in [0.29, 0.717) is 47.4 Å². The van der Waals surface area contributed by atoms with Gasteiger partial charge in [-0.3, -0.25) is 19.9 Å². The molecule has 1 fully saturated rings. The molecule has 12 heteroatoms. The molecule has 220 valence electrons. The van der Waals surface area contributed by atoms with Crippen LogP contribution in [0.3, 0.4) is 0 Å². The number of anilines is 3. The molecule has 2 aromatic heterocycles. The maximum atomic E-state index is 13.7. The number of pyridine rings is 2. The zero-order valence-electron chi connectivity index (χ0n) is 23.4.